The molecular formula is C18H20N8. The van der Waals surface area contributed by atoms with Gasteiger partial charge in [-0.15, -0.1) is 5.10 Å². The Hall–Kier alpha value is -3.03. The van der Waals surface area contributed by atoms with E-state index in [1.54, 1.807) is 23.3 Å². The van der Waals surface area contributed by atoms with E-state index in [-0.39, 0.29) is 0 Å². The molecule has 4 heterocycles. The summed E-state index contributed by atoms with van der Waals surface area (Å²) in [5.74, 6) is 2.56. The zero-order chi connectivity index (χ0) is 17.5. The van der Waals surface area contributed by atoms with Gasteiger partial charge >= 0.3 is 0 Å². The standard InChI is InChI=1S/C18H20N8/c1-24(17-9-19-10-18(21-17)26-7-3-6-20-26)14-11-25(12-14)16-8-13-4-2-5-15(13)22-23-16/h3,6-10,14H,2,4-5,11-12H2,1H3. The Balaban J connectivity index is 1.28. The quantitative estimate of drug-likeness (QED) is 0.703. The van der Waals surface area contributed by atoms with Gasteiger partial charge in [0.15, 0.2) is 11.6 Å². The lowest BCUT2D eigenvalue weighted by Gasteiger charge is -2.44. The van der Waals surface area contributed by atoms with Gasteiger partial charge in [-0.3, -0.25) is 4.98 Å². The van der Waals surface area contributed by atoms with Crippen molar-refractivity contribution < 1.29 is 0 Å². The van der Waals surface area contributed by atoms with Gasteiger partial charge in [-0.05, 0) is 37.0 Å². The van der Waals surface area contributed by atoms with E-state index in [1.165, 1.54) is 17.7 Å². The van der Waals surface area contributed by atoms with Crippen LogP contribution >= 0.6 is 0 Å². The molecule has 0 aromatic carbocycles. The van der Waals surface area contributed by atoms with Crippen LogP contribution in [0.3, 0.4) is 0 Å². The van der Waals surface area contributed by atoms with Gasteiger partial charge in [0.1, 0.15) is 5.82 Å². The molecule has 1 aliphatic carbocycles. The monoisotopic (exact) mass is 348 g/mol. The van der Waals surface area contributed by atoms with Crippen molar-refractivity contribution in [2.75, 3.05) is 29.9 Å². The van der Waals surface area contributed by atoms with Crippen LogP contribution in [-0.2, 0) is 12.8 Å². The molecule has 5 rings (SSSR count). The molecule has 8 nitrogen and oxygen atoms in total. The molecule has 0 spiro atoms. The number of likely N-dealkylation sites (N-methyl/N-ethyl adjacent to an activating group) is 1. The molecule has 0 N–H and O–H groups in total. The highest BCUT2D eigenvalue weighted by Gasteiger charge is 2.32. The van der Waals surface area contributed by atoms with E-state index in [1.807, 2.05) is 12.3 Å². The Labute approximate surface area is 151 Å². The van der Waals surface area contributed by atoms with Gasteiger partial charge in [0.05, 0.1) is 24.1 Å². The third-order valence-electron chi connectivity index (χ3n) is 5.25. The molecule has 8 heteroatoms. The Bertz CT molecular complexity index is 917. The lowest BCUT2D eigenvalue weighted by atomic mass is 10.1. The van der Waals surface area contributed by atoms with Gasteiger partial charge < -0.3 is 9.80 Å². The summed E-state index contributed by atoms with van der Waals surface area (Å²) in [6.07, 6.45) is 10.5. The number of anilines is 2. The fourth-order valence-corrected chi connectivity index (χ4v) is 3.58. The maximum Gasteiger partial charge on any atom is 0.173 e. The minimum absolute atomic E-state index is 0.382. The second-order valence-electron chi connectivity index (χ2n) is 6.88. The van der Waals surface area contributed by atoms with Crippen molar-refractivity contribution in [3.05, 3.63) is 48.2 Å². The summed E-state index contributed by atoms with van der Waals surface area (Å²) in [5, 5.41) is 13.0. The average Bonchev–Trinajstić information content (AvgIpc) is 3.32. The Morgan fingerprint density at radius 1 is 1.12 bits per heavy atom. The molecule has 3 aromatic heterocycles. The van der Waals surface area contributed by atoms with E-state index < -0.39 is 0 Å². The lowest BCUT2D eigenvalue weighted by Crippen LogP contribution is -2.59. The van der Waals surface area contributed by atoms with E-state index in [2.05, 4.69) is 48.2 Å². The molecule has 1 aliphatic heterocycles. The maximum absolute atomic E-state index is 4.68. The predicted molar refractivity (Wildman–Crippen MR) is 97.6 cm³/mol. The molecule has 132 valence electrons. The molecular weight excluding hydrogens is 328 g/mol. The van der Waals surface area contributed by atoms with E-state index >= 15 is 0 Å². The molecule has 0 bridgehead atoms. The molecule has 1 fully saturated rings. The fourth-order valence-electron chi connectivity index (χ4n) is 3.58. The van der Waals surface area contributed by atoms with E-state index in [9.17, 15) is 0 Å². The summed E-state index contributed by atoms with van der Waals surface area (Å²) in [6.45, 7) is 1.83. The first-order chi connectivity index (χ1) is 12.8. The van der Waals surface area contributed by atoms with Gasteiger partial charge in [-0.25, -0.2) is 9.67 Å². The average molecular weight is 348 g/mol. The smallest absolute Gasteiger partial charge is 0.173 e. The molecule has 1 saturated heterocycles. The number of rotatable bonds is 4. The second kappa shape index (κ2) is 6.05. The van der Waals surface area contributed by atoms with Gasteiger partial charge in [-0.2, -0.15) is 10.2 Å². The van der Waals surface area contributed by atoms with Crippen molar-refractivity contribution in [2.45, 2.75) is 25.3 Å². The second-order valence-corrected chi connectivity index (χ2v) is 6.88. The number of hydrogen-bond donors (Lipinski definition) is 0. The number of nitrogens with zero attached hydrogens (tertiary/aromatic N) is 8. The van der Waals surface area contributed by atoms with Crippen LogP contribution in [0.25, 0.3) is 5.82 Å². The van der Waals surface area contributed by atoms with Gasteiger partial charge in [0.2, 0.25) is 0 Å². The van der Waals surface area contributed by atoms with E-state index in [0.29, 0.717) is 6.04 Å². The summed E-state index contributed by atoms with van der Waals surface area (Å²) in [5.41, 5.74) is 2.54. The summed E-state index contributed by atoms with van der Waals surface area (Å²) in [6, 6.07) is 4.47. The normalized spacial score (nSPS) is 16.4. The zero-order valence-electron chi connectivity index (χ0n) is 14.7. The van der Waals surface area contributed by atoms with E-state index in [4.69, 9.17) is 0 Å². The fraction of sp³-hybridized carbons (Fsp3) is 0.389. The molecule has 0 atom stereocenters. The molecule has 0 saturated carbocycles. The number of aromatic nitrogens is 6. The van der Waals surface area contributed by atoms with E-state index in [0.717, 1.165) is 43.4 Å². The molecule has 0 amide bonds. The Kier molecular flexibility index (Phi) is 3.55. The molecule has 2 aliphatic rings. The van der Waals surface area contributed by atoms with Gasteiger partial charge in [0, 0.05) is 32.5 Å². The third kappa shape index (κ3) is 2.58. The number of fused-ring (bicyclic) bond motifs is 1. The first-order valence-corrected chi connectivity index (χ1v) is 8.93. The van der Waals surface area contributed by atoms with Crippen molar-refractivity contribution in [1.82, 2.24) is 29.9 Å². The number of hydrogen-bond acceptors (Lipinski definition) is 7. The van der Waals surface area contributed by atoms with Crippen LogP contribution in [0, 0.1) is 0 Å². The lowest BCUT2D eigenvalue weighted by molar-refractivity contribution is 0.487. The zero-order valence-corrected chi connectivity index (χ0v) is 14.7. The van der Waals surface area contributed by atoms with Crippen molar-refractivity contribution >= 4 is 11.6 Å². The first-order valence-electron chi connectivity index (χ1n) is 8.93. The van der Waals surface area contributed by atoms with Crippen molar-refractivity contribution in [3.8, 4) is 5.82 Å². The molecule has 3 aromatic rings. The Morgan fingerprint density at radius 2 is 2.04 bits per heavy atom. The highest BCUT2D eigenvalue weighted by molar-refractivity contribution is 5.49. The highest BCUT2D eigenvalue weighted by atomic mass is 15.4. The SMILES string of the molecule is CN(c1cncc(-n2cccn2)n1)C1CN(c2cc3c(nn2)CCC3)C1. The molecule has 0 unspecified atom stereocenters. The van der Waals surface area contributed by atoms with Gasteiger partial charge in [-0.1, -0.05) is 0 Å². The minimum Gasteiger partial charge on any atom is -0.352 e. The van der Waals surface area contributed by atoms with Crippen LogP contribution in [0.5, 0.6) is 0 Å². The predicted octanol–water partition coefficient (Wildman–Crippen LogP) is 1.27. The van der Waals surface area contributed by atoms with Crippen molar-refractivity contribution in [2.24, 2.45) is 0 Å². The van der Waals surface area contributed by atoms with Crippen LogP contribution in [0.4, 0.5) is 11.6 Å². The summed E-state index contributed by atoms with van der Waals surface area (Å²) in [7, 11) is 2.06. The highest BCUT2D eigenvalue weighted by Crippen LogP contribution is 2.27. The molecule has 26 heavy (non-hydrogen) atoms. The summed E-state index contributed by atoms with van der Waals surface area (Å²) in [4.78, 5) is 13.5. The minimum atomic E-state index is 0.382. The van der Waals surface area contributed by atoms with Crippen molar-refractivity contribution in [3.63, 3.8) is 0 Å². The van der Waals surface area contributed by atoms with Crippen LogP contribution in [-0.4, -0.2) is 56.1 Å². The summed E-state index contributed by atoms with van der Waals surface area (Å²) >= 11 is 0. The van der Waals surface area contributed by atoms with Crippen LogP contribution < -0.4 is 9.80 Å². The van der Waals surface area contributed by atoms with Crippen LogP contribution in [0.15, 0.2) is 36.9 Å². The van der Waals surface area contributed by atoms with Crippen molar-refractivity contribution in [1.29, 1.82) is 0 Å². The number of aryl methyl sites for hydroxylation is 2. The third-order valence-corrected chi connectivity index (χ3v) is 5.25. The van der Waals surface area contributed by atoms with Crippen LogP contribution in [0.1, 0.15) is 17.7 Å². The largest absolute Gasteiger partial charge is 0.352 e. The maximum atomic E-state index is 4.68. The van der Waals surface area contributed by atoms with Crippen LogP contribution in [0.2, 0.25) is 0 Å². The van der Waals surface area contributed by atoms with Gasteiger partial charge in [0.25, 0.3) is 0 Å². The topological polar surface area (TPSA) is 75.9 Å². The Morgan fingerprint density at radius 3 is 2.88 bits per heavy atom. The first kappa shape index (κ1) is 15.2. The summed E-state index contributed by atoms with van der Waals surface area (Å²) < 4.78 is 1.72. The molecule has 0 radical (unpaired) electrons.